The van der Waals surface area contributed by atoms with Gasteiger partial charge in [-0.2, -0.15) is 0 Å². The van der Waals surface area contributed by atoms with E-state index in [1.165, 1.54) is 5.56 Å². The van der Waals surface area contributed by atoms with Crippen LogP contribution in [0.3, 0.4) is 0 Å². The highest BCUT2D eigenvalue weighted by molar-refractivity contribution is 5.49. The van der Waals surface area contributed by atoms with Crippen LogP contribution >= 0.6 is 0 Å². The quantitative estimate of drug-likeness (QED) is 0.812. The van der Waals surface area contributed by atoms with Gasteiger partial charge >= 0.3 is 0 Å². The third-order valence-corrected chi connectivity index (χ3v) is 3.53. The lowest BCUT2D eigenvalue weighted by Crippen LogP contribution is -2.40. The maximum absolute atomic E-state index is 5.89. The summed E-state index contributed by atoms with van der Waals surface area (Å²) in [6, 6.07) is 6.07. The number of ether oxygens (including phenoxy) is 1. The molecule has 0 aromatic heterocycles. The van der Waals surface area contributed by atoms with Crippen LogP contribution in [0.5, 0.6) is 0 Å². The molecule has 0 aliphatic carbocycles. The van der Waals surface area contributed by atoms with E-state index in [9.17, 15) is 0 Å². The Morgan fingerprint density at radius 3 is 2.89 bits per heavy atom. The van der Waals surface area contributed by atoms with E-state index in [1.807, 2.05) is 6.07 Å². The fraction of sp³-hybridized carbons (Fsp3) is 0.600. The molecule has 1 aliphatic rings. The molecule has 0 spiro atoms. The molecule has 0 radical (unpaired) electrons. The normalized spacial score (nSPS) is 20.9. The van der Waals surface area contributed by atoms with Crippen LogP contribution in [0.1, 0.15) is 31.1 Å². The van der Waals surface area contributed by atoms with Crippen LogP contribution in [0.15, 0.2) is 18.2 Å². The highest BCUT2D eigenvalue weighted by atomic mass is 16.5. The van der Waals surface area contributed by atoms with Crippen molar-refractivity contribution in [2.45, 2.75) is 26.5 Å². The summed E-state index contributed by atoms with van der Waals surface area (Å²) in [7, 11) is 0. The van der Waals surface area contributed by atoms with Crippen LogP contribution < -0.4 is 11.5 Å². The second-order valence-corrected chi connectivity index (χ2v) is 5.68. The third-order valence-electron chi connectivity index (χ3n) is 3.53. The summed E-state index contributed by atoms with van der Waals surface area (Å²) in [5.74, 6) is 0.685. The number of anilines is 1. The Hall–Kier alpha value is -1.10. The van der Waals surface area contributed by atoms with E-state index in [4.69, 9.17) is 16.2 Å². The van der Waals surface area contributed by atoms with Gasteiger partial charge < -0.3 is 16.2 Å². The first kappa shape index (κ1) is 14.3. The minimum Gasteiger partial charge on any atom is -0.398 e. The number of rotatable bonds is 4. The Bertz CT molecular complexity index is 420. The van der Waals surface area contributed by atoms with Gasteiger partial charge in [0.1, 0.15) is 0 Å². The molecule has 1 fully saturated rings. The molecule has 4 heteroatoms. The Balaban J connectivity index is 2.08. The SMILES string of the molecule is CC(C)CN1CCO[C@@H](c2ccc(N)c(CN)c2)C1. The van der Waals surface area contributed by atoms with Crippen molar-refractivity contribution in [3.8, 4) is 0 Å². The molecular formula is C15H25N3O. The van der Waals surface area contributed by atoms with Crippen molar-refractivity contribution in [3.05, 3.63) is 29.3 Å². The zero-order valence-corrected chi connectivity index (χ0v) is 11.9. The Morgan fingerprint density at radius 1 is 1.42 bits per heavy atom. The molecule has 1 aromatic rings. The molecule has 106 valence electrons. The summed E-state index contributed by atoms with van der Waals surface area (Å²) in [4.78, 5) is 2.47. The minimum absolute atomic E-state index is 0.137. The van der Waals surface area contributed by atoms with Crippen LogP contribution in [0, 0.1) is 5.92 Å². The lowest BCUT2D eigenvalue weighted by molar-refractivity contribution is -0.0332. The fourth-order valence-electron chi connectivity index (χ4n) is 2.59. The Kier molecular flexibility index (Phi) is 4.80. The first-order valence-electron chi connectivity index (χ1n) is 7.02. The number of nitrogen functional groups attached to an aromatic ring is 1. The summed E-state index contributed by atoms with van der Waals surface area (Å²) >= 11 is 0. The molecule has 0 amide bonds. The number of hydrogen-bond donors (Lipinski definition) is 2. The number of hydrogen-bond acceptors (Lipinski definition) is 4. The zero-order valence-electron chi connectivity index (χ0n) is 11.9. The molecule has 0 unspecified atom stereocenters. The number of benzene rings is 1. The van der Waals surface area contributed by atoms with Gasteiger partial charge in [0.2, 0.25) is 0 Å². The van der Waals surface area contributed by atoms with Crippen molar-refractivity contribution in [1.29, 1.82) is 0 Å². The predicted molar refractivity (Wildman–Crippen MR) is 78.7 cm³/mol. The van der Waals surface area contributed by atoms with E-state index in [0.717, 1.165) is 37.5 Å². The Labute approximate surface area is 115 Å². The van der Waals surface area contributed by atoms with Crippen molar-refractivity contribution < 1.29 is 4.74 Å². The summed E-state index contributed by atoms with van der Waals surface area (Å²) < 4.78 is 5.89. The smallest absolute Gasteiger partial charge is 0.0952 e. The molecule has 1 aromatic carbocycles. The molecule has 4 nitrogen and oxygen atoms in total. The van der Waals surface area contributed by atoms with Crippen LogP contribution in [-0.4, -0.2) is 31.1 Å². The summed E-state index contributed by atoms with van der Waals surface area (Å²) in [5.41, 5.74) is 14.6. The first-order chi connectivity index (χ1) is 9.10. The van der Waals surface area contributed by atoms with Gasteiger partial charge in [-0.3, -0.25) is 4.90 Å². The molecule has 2 rings (SSSR count). The van der Waals surface area contributed by atoms with Crippen molar-refractivity contribution in [1.82, 2.24) is 4.90 Å². The van der Waals surface area contributed by atoms with Crippen LogP contribution in [0.25, 0.3) is 0 Å². The van der Waals surface area contributed by atoms with E-state index < -0.39 is 0 Å². The molecule has 1 saturated heterocycles. The molecule has 1 atom stereocenters. The van der Waals surface area contributed by atoms with Gasteiger partial charge in [-0.15, -0.1) is 0 Å². The molecular weight excluding hydrogens is 238 g/mol. The maximum atomic E-state index is 5.89. The van der Waals surface area contributed by atoms with Gasteiger partial charge in [0, 0.05) is 31.9 Å². The summed E-state index contributed by atoms with van der Waals surface area (Å²) in [6.45, 7) is 8.86. The monoisotopic (exact) mass is 263 g/mol. The van der Waals surface area contributed by atoms with Crippen LogP contribution in [0.2, 0.25) is 0 Å². The first-order valence-corrected chi connectivity index (χ1v) is 7.02. The predicted octanol–water partition coefficient (Wildman–Crippen LogP) is 1.76. The molecule has 0 saturated carbocycles. The average Bonchev–Trinajstić information content (AvgIpc) is 2.39. The maximum Gasteiger partial charge on any atom is 0.0952 e. The van der Waals surface area contributed by atoms with E-state index in [2.05, 4.69) is 30.9 Å². The van der Waals surface area contributed by atoms with E-state index in [1.54, 1.807) is 0 Å². The number of nitrogens with two attached hydrogens (primary N) is 2. The minimum atomic E-state index is 0.137. The van der Waals surface area contributed by atoms with Gasteiger partial charge in [-0.05, 0) is 29.2 Å². The standard InChI is InChI=1S/C15H25N3O/c1-11(2)9-18-5-6-19-15(10-18)12-3-4-14(17)13(7-12)8-16/h3-4,7,11,15H,5-6,8-10,16-17H2,1-2H3/t15-/m1/s1. The molecule has 1 heterocycles. The molecule has 1 aliphatic heterocycles. The van der Waals surface area contributed by atoms with Gasteiger partial charge in [-0.25, -0.2) is 0 Å². The van der Waals surface area contributed by atoms with Crippen molar-refractivity contribution >= 4 is 5.69 Å². The van der Waals surface area contributed by atoms with E-state index in [-0.39, 0.29) is 6.10 Å². The third kappa shape index (κ3) is 3.69. The lowest BCUT2D eigenvalue weighted by Gasteiger charge is -2.34. The van der Waals surface area contributed by atoms with Crippen LogP contribution in [-0.2, 0) is 11.3 Å². The number of morpholine rings is 1. The zero-order chi connectivity index (χ0) is 13.8. The van der Waals surface area contributed by atoms with E-state index >= 15 is 0 Å². The summed E-state index contributed by atoms with van der Waals surface area (Å²) in [5, 5.41) is 0. The second kappa shape index (κ2) is 6.37. The van der Waals surface area contributed by atoms with Gasteiger partial charge in [0.05, 0.1) is 12.7 Å². The van der Waals surface area contributed by atoms with Crippen molar-refractivity contribution in [2.24, 2.45) is 11.7 Å². The second-order valence-electron chi connectivity index (χ2n) is 5.68. The average molecular weight is 263 g/mol. The largest absolute Gasteiger partial charge is 0.398 e. The van der Waals surface area contributed by atoms with E-state index in [0.29, 0.717) is 12.5 Å². The lowest BCUT2D eigenvalue weighted by atomic mass is 10.0. The van der Waals surface area contributed by atoms with Crippen LogP contribution in [0.4, 0.5) is 5.69 Å². The molecule has 0 bridgehead atoms. The number of nitrogens with zero attached hydrogens (tertiary/aromatic N) is 1. The van der Waals surface area contributed by atoms with Gasteiger partial charge in [0.25, 0.3) is 0 Å². The fourth-order valence-corrected chi connectivity index (χ4v) is 2.59. The van der Waals surface area contributed by atoms with Gasteiger partial charge in [-0.1, -0.05) is 19.9 Å². The highest BCUT2D eigenvalue weighted by Gasteiger charge is 2.22. The van der Waals surface area contributed by atoms with Gasteiger partial charge in [0.15, 0.2) is 0 Å². The van der Waals surface area contributed by atoms with Crippen molar-refractivity contribution in [2.75, 3.05) is 32.0 Å². The Morgan fingerprint density at radius 2 is 2.21 bits per heavy atom. The molecule has 4 N–H and O–H groups in total. The molecule has 19 heavy (non-hydrogen) atoms. The highest BCUT2D eigenvalue weighted by Crippen LogP contribution is 2.25. The summed E-state index contributed by atoms with van der Waals surface area (Å²) in [6.07, 6.45) is 0.137. The topological polar surface area (TPSA) is 64.5 Å². The van der Waals surface area contributed by atoms with Crippen molar-refractivity contribution in [3.63, 3.8) is 0 Å².